The summed E-state index contributed by atoms with van der Waals surface area (Å²) in [6, 6.07) is 6.17. The van der Waals surface area contributed by atoms with Crippen LogP contribution < -0.4 is 154 Å². The second-order valence-electron chi connectivity index (χ2n) is 11.3. The molecule has 0 bridgehead atoms. The van der Waals surface area contributed by atoms with Gasteiger partial charge in [-0.2, -0.15) is 13.5 Å². The zero-order valence-corrected chi connectivity index (χ0v) is 49.5. The third-order valence-electron chi connectivity index (χ3n) is 7.28. The number of fused-ring (bicyclic) bond motifs is 1. The van der Waals surface area contributed by atoms with E-state index in [-0.39, 0.29) is 154 Å². The molecule has 0 saturated carbocycles. The summed E-state index contributed by atoms with van der Waals surface area (Å²) in [6.45, 7) is -2.30. The van der Waals surface area contributed by atoms with Crippen LogP contribution in [0.4, 0.5) is 28.4 Å². The molecule has 0 aliphatic heterocycles. The minimum Gasteiger partial charge on any atom is -0.744 e. The normalized spacial score (nSPS) is 12.7. The zero-order valence-electron chi connectivity index (χ0n) is 33.8. The molecule has 4 aromatic carbocycles. The van der Waals surface area contributed by atoms with Gasteiger partial charge in [-0.05, 0) is 53.9 Å². The summed E-state index contributed by atoms with van der Waals surface area (Å²) in [6.07, 6.45) is 0. The first-order valence-electron chi connectivity index (χ1n) is 15.0. The Morgan fingerprint density at radius 2 is 1.02 bits per heavy atom. The number of azo groups is 2. The molecule has 4 rings (SSSR count). The van der Waals surface area contributed by atoms with Gasteiger partial charge in [0.25, 0.3) is 10.1 Å². The van der Waals surface area contributed by atoms with Gasteiger partial charge < -0.3 is 29.1 Å². The average molecular weight is 1090 g/mol. The first-order chi connectivity index (χ1) is 27.2. The van der Waals surface area contributed by atoms with E-state index >= 15 is 0 Å². The second kappa shape index (κ2) is 25.6. The molecular weight excluding hydrogens is 1070 g/mol. The number of aromatic hydroxyl groups is 1. The third-order valence-corrected chi connectivity index (χ3v) is 14.1. The molecule has 0 aromatic heterocycles. The average Bonchev–Trinajstić information content (AvgIpc) is 3.08. The Kier molecular flexibility index (Phi) is 26.6. The monoisotopic (exact) mass is 1090 g/mol. The molecule has 39 heteroatoms. The van der Waals surface area contributed by atoms with Crippen molar-refractivity contribution in [1.82, 2.24) is 0 Å². The Bertz CT molecular complexity index is 3310. The summed E-state index contributed by atoms with van der Waals surface area (Å²) >= 11 is 0. The minimum atomic E-state index is -5.71. The van der Waals surface area contributed by atoms with Gasteiger partial charge in [-0.3, -0.25) is 12.9 Å². The molecule has 4 aromatic rings. The van der Waals surface area contributed by atoms with Crippen molar-refractivity contribution >= 4 is 110 Å². The molecule has 0 fully saturated rings. The van der Waals surface area contributed by atoms with E-state index in [1.165, 1.54) is 0 Å². The Hall–Kier alpha value is 0.310. The Balaban J connectivity index is 0. The third kappa shape index (κ3) is 18.8. The molecule has 0 spiro atoms. The molecule has 0 unspecified atom stereocenters. The molecule has 0 aliphatic rings. The smallest absolute Gasteiger partial charge is 0.744 e. The van der Waals surface area contributed by atoms with Crippen molar-refractivity contribution < 1.29 is 243 Å². The van der Waals surface area contributed by atoms with Gasteiger partial charge in [-0.1, -0.05) is 6.07 Å². The zero-order chi connectivity index (χ0) is 45.4. The fourth-order valence-electron chi connectivity index (χ4n) is 4.75. The molecule has 27 nitrogen and oxygen atoms in total. The van der Waals surface area contributed by atoms with Gasteiger partial charge >= 0.3 is 148 Å². The Morgan fingerprint density at radius 1 is 0.554 bits per heavy atom. The van der Waals surface area contributed by atoms with Gasteiger partial charge in [0, 0.05) is 0 Å². The van der Waals surface area contributed by atoms with Gasteiger partial charge in [0.1, 0.15) is 42.2 Å². The Morgan fingerprint density at radius 3 is 1.48 bits per heavy atom. The molecule has 0 heterocycles. The van der Waals surface area contributed by atoms with E-state index in [2.05, 4.69) is 28.8 Å². The van der Waals surface area contributed by atoms with E-state index in [4.69, 9.17) is 5.73 Å². The number of benzene rings is 4. The van der Waals surface area contributed by atoms with Crippen molar-refractivity contribution in [2.45, 2.75) is 24.5 Å². The van der Waals surface area contributed by atoms with E-state index in [9.17, 15) is 86.8 Å². The maximum Gasteiger partial charge on any atom is 1.00 e. The van der Waals surface area contributed by atoms with Crippen LogP contribution in [0.3, 0.4) is 0 Å². The quantitative estimate of drug-likeness (QED) is 0.0290. The molecule has 328 valence electrons. The molecule has 0 saturated heterocycles. The van der Waals surface area contributed by atoms with Crippen LogP contribution in [0.25, 0.3) is 10.8 Å². The van der Waals surface area contributed by atoms with Crippen molar-refractivity contribution in [3.63, 3.8) is 0 Å². The predicted molar refractivity (Wildman–Crippen MR) is 192 cm³/mol. The molecular formula is C26H21N5Na5O22S7+. The van der Waals surface area contributed by atoms with Crippen LogP contribution >= 0.6 is 0 Å². The molecule has 4 N–H and O–H groups in total. The number of nitrogen functional groups attached to an aromatic ring is 1. The van der Waals surface area contributed by atoms with Gasteiger partial charge in [-0.25, -0.2) is 50.5 Å². The van der Waals surface area contributed by atoms with Crippen molar-refractivity contribution in [2.24, 2.45) is 20.5 Å². The second-order valence-corrected chi connectivity index (χ2v) is 21.7. The maximum atomic E-state index is 12.6. The van der Waals surface area contributed by atoms with Gasteiger partial charge in [0.05, 0.1) is 61.1 Å². The van der Waals surface area contributed by atoms with E-state index in [0.717, 1.165) is 24.3 Å². The number of sulfone groups is 2. The molecule has 0 radical (unpaired) electrons. The van der Waals surface area contributed by atoms with E-state index < -0.39 is 165 Å². The summed E-state index contributed by atoms with van der Waals surface area (Å²) < 4.78 is 230. The van der Waals surface area contributed by atoms with E-state index in [1.54, 1.807) is 0 Å². The molecule has 0 aliphatic carbocycles. The van der Waals surface area contributed by atoms with Gasteiger partial charge in [0.15, 0.2) is 25.4 Å². The molecule has 0 amide bonds. The van der Waals surface area contributed by atoms with Gasteiger partial charge in [0.2, 0.25) is 20.8 Å². The number of nitrogens with two attached hydrogens (primary N) is 1. The minimum absolute atomic E-state index is 0. The summed E-state index contributed by atoms with van der Waals surface area (Å²) in [7, 11) is -36.5. The topological polar surface area (TPSA) is 466 Å². The summed E-state index contributed by atoms with van der Waals surface area (Å²) in [5, 5.41) is 23.7. The fourth-order valence-corrected chi connectivity index (χ4v) is 9.80. The number of hydrogen-bond acceptors (Lipinski definition) is 26. The van der Waals surface area contributed by atoms with E-state index in [1.807, 2.05) is 0 Å². The number of anilines is 1. The van der Waals surface area contributed by atoms with E-state index in [0.29, 0.717) is 24.3 Å². The van der Waals surface area contributed by atoms with Crippen LogP contribution in [0.1, 0.15) is 0 Å². The number of phenols is 1. The number of hydrogen-bond donors (Lipinski definition) is 3. The van der Waals surface area contributed by atoms with Crippen LogP contribution in [-0.2, 0) is 79.2 Å². The predicted octanol–water partition coefficient (Wildman–Crippen LogP) is -14.5. The molecule has 0 atom stereocenters. The first kappa shape index (κ1) is 67.4. The summed E-state index contributed by atoms with van der Waals surface area (Å²) in [4.78, 5) is -5.69. The number of rotatable bonds is 17. The number of nitrogens with zero attached hydrogens (tertiary/aromatic N) is 4. The maximum absolute atomic E-state index is 12.6. The largest absolute Gasteiger partial charge is 1.00 e. The summed E-state index contributed by atoms with van der Waals surface area (Å²) in [5.41, 5.74) is 1.31. The van der Waals surface area contributed by atoms with Crippen molar-refractivity contribution in [1.29, 1.82) is 0 Å². The SMILES string of the molecule is Nc1c(N=Nc2cccc(S(=O)(=O)CCOS(=O)(=O)[O-])c2)c(S(=O)(=O)[O-])cc2cc(S(=O)(=O)O)c(N=Nc3ccc(S(=O)(=O)CCOS(=O)(=O)[O-])cc3S(=O)(=O)[O-])c(O)c12.[Na+].[Na+].[Na+].[Na+].[Na+]. The van der Waals surface area contributed by atoms with Crippen LogP contribution in [0.5, 0.6) is 5.75 Å². The number of phenolic OH excluding ortho intramolecular Hbond substituents is 1. The van der Waals surface area contributed by atoms with Crippen molar-refractivity contribution in [3.05, 3.63) is 54.6 Å². The van der Waals surface area contributed by atoms with Crippen LogP contribution in [0.2, 0.25) is 0 Å². The van der Waals surface area contributed by atoms with Crippen molar-refractivity contribution in [3.8, 4) is 5.75 Å². The standard InChI is InChI=1S/C26H25N5O22S7.5Na/c27-23-22-14(10-20(57(40,41)42)24(23)30-28-15-2-1-3-16(12-15)54(33,34)8-6-52-59(46,47)48)11-21(58(43,44)45)25(26(22)32)31-29-18-5-4-17(13-19(18)56(37,38)39)55(35,36)9-7-53-60(49,50)51;;;;;/h1-5,10-13,32H,6-9,27H2,(H,37,38,39)(H,40,41,42)(H,43,44,45)(H,46,47,48)(H,49,50,51);;;;;/q;5*+1/p-4. The first-order valence-corrected chi connectivity index (χ1v) is 25.2. The molecule has 65 heavy (non-hydrogen) atoms. The van der Waals surface area contributed by atoms with Crippen LogP contribution in [0.15, 0.2) is 99.5 Å². The van der Waals surface area contributed by atoms with Crippen molar-refractivity contribution in [2.75, 3.05) is 30.5 Å². The Labute approximate surface area is 481 Å². The van der Waals surface area contributed by atoms with Gasteiger partial charge in [-0.15, -0.1) is 15.3 Å². The van der Waals surface area contributed by atoms with Crippen LogP contribution in [-0.4, -0.2) is 112 Å². The fraction of sp³-hybridized carbons (Fsp3) is 0.154. The van der Waals surface area contributed by atoms with Crippen LogP contribution in [0, 0.1) is 0 Å². The summed E-state index contributed by atoms with van der Waals surface area (Å²) in [5.74, 6) is -3.64.